The van der Waals surface area contributed by atoms with Crippen LogP contribution in [0.3, 0.4) is 0 Å². The summed E-state index contributed by atoms with van der Waals surface area (Å²) in [6, 6.07) is 0. The molecule has 0 heterocycles. The van der Waals surface area contributed by atoms with E-state index in [1.807, 2.05) is 13.8 Å². The lowest BCUT2D eigenvalue weighted by atomic mass is 9.98. The van der Waals surface area contributed by atoms with Crippen LogP contribution in [0.25, 0.3) is 0 Å². The first kappa shape index (κ1) is 13.6. The van der Waals surface area contributed by atoms with Crippen molar-refractivity contribution in [1.82, 2.24) is 0 Å². The summed E-state index contributed by atoms with van der Waals surface area (Å²) in [5, 5.41) is 0. The molecular weight excluding hydrogens is 200 g/mol. The molecule has 0 spiro atoms. The number of carbonyl (C=O) groups excluding carboxylic acids is 1. The Morgan fingerprint density at radius 3 is 2.36 bits per heavy atom. The minimum atomic E-state index is -2.91. The van der Waals surface area contributed by atoms with E-state index in [0.717, 1.165) is 12.8 Å². The Kier molecular flexibility index (Phi) is 6.00. The molecule has 0 N–H and O–H groups in total. The number of hydrogen-bond donors (Lipinski definition) is 0. The summed E-state index contributed by atoms with van der Waals surface area (Å²) in [6.07, 6.45) is 3.96. The highest BCUT2D eigenvalue weighted by atomic mass is 32.2. The van der Waals surface area contributed by atoms with E-state index >= 15 is 0 Å². The number of ketones is 1. The van der Waals surface area contributed by atoms with Crippen molar-refractivity contribution in [2.75, 3.05) is 12.0 Å². The van der Waals surface area contributed by atoms with Gasteiger partial charge in [0, 0.05) is 18.6 Å². The normalized spacial score (nSPS) is 13.9. The van der Waals surface area contributed by atoms with E-state index in [2.05, 4.69) is 0 Å². The summed E-state index contributed by atoms with van der Waals surface area (Å²) in [5.41, 5.74) is 0. The molecule has 0 aliphatic carbocycles. The monoisotopic (exact) mass is 220 g/mol. The summed E-state index contributed by atoms with van der Waals surface area (Å²) in [6.45, 7) is 3.95. The standard InChI is InChI=1S/C10H20O3S/c1-4-6-9(2)10(11)7-5-8-14(3,12)13/h9H,4-8H2,1-3H3. The fraction of sp³-hybridized carbons (Fsp3) is 0.900. The quantitative estimate of drug-likeness (QED) is 0.657. The first-order valence-corrected chi connectivity index (χ1v) is 7.13. The summed E-state index contributed by atoms with van der Waals surface area (Å²) >= 11 is 0. The van der Waals surface area contributed by atoms with E-state index in [1.54, 1.807) is 0 Å². The average Bonchev–Trinajstić information content (AvgIpc) is 2.02. The maximum Gasteiger partial charge on any atom is 0.147 e. The van der Waals surface area contributed by atoms with Crippen molar-refractivity contribution < 1.29 is 13.2 Å². The molecular formula is C10H20O3S. The van der Waals surface area contributed by atoms with Crippen molar-refractivity contribution in [3.63, 3.8) is 0 Å². The van der Waals surface area contributed by atoms with Gasteiger partial charge in [0.2, 0.25) is 0 Å². The second-order valence-electron chi connectivity index (χ2n) is 3.89. The molecule has 0 aliphatic rings. The second-order valence-corrected chi connectivity index (χ2v) is 6.15. The maximum atomic E-state index is 11.4. The van der Waals surface area contributed by atoms with Crippen molar-refractivity contribution in [2.45, 2.75) is 39.5 Å². The number of hydrogen-bond acceptors (Lipinski definition) is 3. The fourth-order valence-electron chi connectivity index (χ4n) is 1.35. The van der Waals surface area contributed by atoms with E-state index in [0.29, 0.717) is 12.8 Å². The topological polar surface area (TPSA) is 51.2 Å². The Morgan fingerprint density at radius 1 is 1.36 bits per heavy atom. The van der Waals surface area contributed by atoms with Gasteiger partial charge in [0.1, 0.15) is 15.6 Å². The molecule has 0 saturated carbocycles. The lowest BCUT2D eigenvalue weighted by molar-refractivity contribution is -0.122. The highest BCUT2D eigenvalue weighted by Crippen LogP contribution is 2.10. The molecule has 0 fully saturated rings. The lowest BCUT2D eigenvalue weighted by Gasteiger charge is -2.07. The molecule has 0 aliphatic heterocycles. The van der Waals surface area contributed by atoms with Crippen LogP contribution in [0.4, 0.5) is 0 Å². The van der Waals surface area contributed by atoms with Gasteiger partial charge in [0.25, 0.3) is 0 Å². The van der Waals surface area contributed by atoms with Gasteiger partial charge in [-0.1, -0.05) is 20.3 Å². The lowest BCUT2D eigenvalue weighted by Crippen LogP contribution is -2.12. The van der Waals surface area contributed by atoms with Gasteiger partial charge in [-0.3, -0.25) is 4.79 Å². The molecule has 1 atom stereocenters. The van der Waals surface area contributed by atoms with E-state index in [-0.39, 0.29) is 17.5 Å². The third kappa shape index (κ3) is 7.06. The van der Waals surface area contributed by atoms with Crippen LogP contribution < -0.4 is 0 Å². The number of carbonyl (C=O) groups is 1. The molecule has 14 heavy (non-hydrogen) atoms. The SMILES string of the molecule is CCCC(C)C(=O)CCCS(C)(=O)=O. The highest BCUT2D eigenvalue weighted by molar-refractivity contribution is 7.90. The molecule has 0 radical (unpaired) electrons. The maximum absolute atomic E-state index is 11.4. The zero-order chi connectivity index (χ0) is 11.2. The van der Waals surface area contributed by atoms with Crippen LogP contribution in [0.1, 0.15) is 39.5 Å². The van der Waals surface area contributed by atoms with Gasteiger partial charge in [-0.05, 0) is 12.8 Å². The molecule has 0 amide bonds. The van der Waals surface area contributed by atoms with Crippen molar-refractivity contribution in [3.05, 3.63) is 0 Å². The third-order valence-corrected chi connectivity index (χ3v) is 3.24. The van der Waals surface area contributed by atoms with E-state index in [4.69, 9.17) is 0 Å². The zero-order valence-corrected chi connectivity index (χ0v) is 10.1. The molecule has 1 unspecified atom stereocenters. The highest BCUT2D eigenvalue weighted by Gasteiger charge is 2.12. The molecule has 0 rings (SSSR count). The molecule has 4 heteroatoms. The molecule has 0 bridgehead atoms. The summed E-state index contributed by atoms with van der Waals surface area (Å²) in [4.78, 5) is 11.4. The van der Waals surface area contributed by atoms with Gasteiger partial charge in [-0.25, -0.2) is 8.42 Å². The van der Waals surface area contributed by atoms with Crippen molar-refractivity contribution in [2.24, 2.45) is 5.92 Å². The van der Waals surface area contributed by atoms with Crippen LogP contribution >= 0.6 is 0 Å². The first-order valence-electron chi connectivity index (χ1n) is 5.07. The van der Waals surface area contributed by atoms with Gasteiger partial charge in [-0.15, -0.1) is 0 Å². The van der Waals surface area contributed by atoms with Crippen LogP contribution in [-0.2, 0) is 14.6 Å². The van der Waals surface area contributed by atoms with Gasteiger partial charge >= 0.3 is 0 Å². The molecule has 84 valence electrons. The minimum Gasteiger partial charge on any atom is -0.299 e. The van der Waals surface area contributed by atoms with E-state index in [1.165, 1.54) is 6.26 Å². The Labute approximate surface area is 86.8 Å². The summed E-state index contributed by atoms with van der Waals surface area (Å²) in [7, 11) is -2.91. The van der Waals surface area contributed by atoms with Crippen LogP contribution in [-0.4, -0.2) is 26.2 Å². The van der Waals surface area contributed by atoms with E-state index in [9.17, 15) is 13.2 Å². The van der Waals surface area contributed by atoms with Crippen LogP contribution in [0.15, 0.2) is 0 Å². The Morgan fingerprint density at radius 2 is 1.93 bits per heavy atom. The zero-order valence-electron chi connectivity index (χ0n) is 9.25. The third-order valence-electron chi connectivity index (χ3n) is 2.21. The van der Waals surface area contributed by atoms with E-state index < -0.39 is 9.84 Å². The van der Waals surface area contributed by atoms with Crippen LogP contribution in [0.5, 0.6) is 0 Å². The minimum absolute atomic E-state index is 0.0829. The Balaban J connectivity index is 3.75. The van der Waals surface area contributed by atoms with Crippen molar-refractivity contribution >= 4 is 15.6 Å². The van der Waals surface area contributed by atoms with Gasteiger partial charge in [-0.2, -0.15) is 0 Å². The average molecular weight is 220 g/mol. The van der Waals surface area contributed by atoms with Gasteiger partial charge in [0.05, 0.1) is 5.75 Å². The van der Waals surface area contributed by atoms with Crippen LogP contribution in [0.2, 0.25) is 0 Å². The van der Waals surface area contributed by atoms with Gasteiger partial charge < -0.3 is 0 Å². The summed E-state index contributed by atoms with van der Waals surface area (Å²) in [5.74, 6) is 0.396. The van der Waals surface area contributed by atoms with Crippen molar-refractivity contribution in [1.29, 1.82) is 0 Å². The van der Waals surface area contributed by atoms with Crippen LogP contribution in [0, 0.1) is 5.92 Å². The molecule has 3 nitrogen and oxygen atoms in total. The predicted molar refractivity (Wildman–Crippen MR) is 58.0 cm³/mol. The second kappa shape index (κ2) is 6.17. The Bertz CT molecular complexity index is 267. The van der Waals surface area contributed by atoms with Crippen molar-refractivity contribution in [3.8, 4) is 0 Å². The fourth-order valence-corrected chi connectivity index (χ4v) is 2.02. The molecule has 0 aromatic carbocycles. The number of Topliss-reactive ketones (excluding diaryl/α,β-unsaturated/α-hetero) is 1. The molecule has 0 aromatic heterocycles. The smallest absolute Gasteiger partial charge is 0.147 e. The molecule has 0 aromatic rings. The largest absolute Gasteiger partial charge is 0.299 e. The molecule has 0 saturated heterocycles. The summed E-state index contributed by atoms with van der Waals surface area (Å²) < 4.78 is 21.6. The number of sulfone groups is 1. The van der Waals surface area contributed by atoms with Gasteiger partial charge in [0.15, 0.2) is 0 Å². The number of rotatable bonds is 7. The first-order chi connectivity index (χ1) is 6.37. The predicted octanol–water partition coefficient (Wildman–Crippen LogP) is 1.82. The Hall–Kier alpha value is -0.380.